The van der Waals surface area contributed by atoms with Crippen molar-refractivity contribution in [1.82, 2.24) is 4.90 Å². The predicted octanol–water partition coefficient (Wildman–Crippen LogP) is 3.05. The first-order valence-electron chi connectivity index (χ1n) is 6.27. The molecular weight excluding hydrogens is 228 g/mol. The van der Waals surface area contributed by atoms with Crippen LogP contribution in [0.15, 0.2) is 24.3 Å². The Labute approximate surface area is 109 Å². The molecule has 1 aromatic carbocycles. The summed E-state index contributed by atoms with van der Waals surface area (Å²) in [4.78, 5) is 2.19. The maximum atomic E-state index is 3.64. The lowest BCUT2D eigenvalue weighted by atomic mass is 10.1. The van der Waals surface area contributed by atoms with Crippen LogP contribution >= 0.6 is 11.8 Å². The molecule has 0 bridgehead atoms. The van der Waals surface area contributed by atoms with Crippen molar-refractivity contribution in [3.05, 3.63) is 29.8 Å². The number of nitrogens with one attached hydrogen (secondary N) is 1. The van der Waals surface area contributed by atoms with Gasteiger partial charge >= 0.3 is 0 Å². The summed E-state index contributed by atoms with van der Waals surface area (Å²) < 4.78 is 0. The number of nitrogens with zero attached hydrogens (tertiary/aromatic N) is 1. The fraction of sp³-hybridized carbons (Fsp3) is 0.571. The Morgan fingerprint density at radius 1 is 1.29 bits per heavy atom. The summed E-state index contributed by atoms with van der Waals surface area (Å²) in [6, 6.07) is 9.48. The molecule has 1 fully saturated rings. The SMILES string of the molecule is CC1SCCC1Nc1ccc(CN(C)C)cc1. The Bertz CT molecular complexity index is 348. The van der Waals surface area contributed by atoms with Crippen molar-refractivity contribution < 1.29 is 0 Å². The molecule has 0 aromatic heterocycles. The van der Waals surface area contributed by atoms with E-state index in [0.29, 0.717) is 6.04 Å². The van der Waals surface area contributed by atoms with E-state index in [0.717, 1.165) is 11.8 Å². The van der Waals surface area contributed by atoms with Crippen LogP contribution in [0.2, 0.25) is 0 Å². The molecule has 94 valence electrons. The van der Waals surface area contributed by atoms with Crippen LogP contribution in [0, 0.1) is 0 Å². The first kappa shape index (κ1) is 12.8. The Hall–Kier alpha value is -0.670. The molecule has 1 saturated heterocycles. The zero-order valence-corrected chi connectivity index (χ0v) is 11.8. The summed E-state index contributed by atoms with van der Waals surface area (Å²) in [7, 11) is 4.20. The van der Waals surface area contributed by atoms with Crippen LogP contribution in [0.4, 0.5) is 5.69 Å². The van der Waals surface area contributed by atoms with E-state index < -0.39 is 0 Å². The number of hydrogen-bond donors (Lipinski definition) is 1. The van der Waals surface area contributed by atoms with Gasteiger partial charge in [0.05, 0.1) is 0 Å². The summed E-state index contributed by atoms with van der Waals surface area (Å²) >= 11 is 2.07. The molecule has 1 aromatic rings. The molecule has 2 unspecified atom stereocenters. The number of thioether (sulfide) groups is 1. The van der Waals surface area contributed by atoms with Gasteiger partial charge in [-0.15, -0.1) is 0 Å². The maximum absolute atomic E-state index is 3.64. The average Bonchev–Trinajstić information content (AvgIpc) is 2.67. The van der Waals surface area contributed by atoms with E-state index >= 15 is 0 Å². The molecule has 0 saturated carbocycles. The second-order valence-electron chi connectivity index (χ2n) is 5.05. The van der Waals surface area contributed by atoms with Gasteiger partial charge < -0.3 is 10.2 Å². The molecule has 3 heteroatoms. The normalized spacial score (nSPS) is 24.2. The average molecular weight is 250 g/mol. The third kappa shape index (κ3) is 3.65. The highest BCUT2D eigenvalue weighted by Crippen LogP contribution is 2.28. The van der Waals surface area contributed by atoms with Crippen LogP contribution in [-0.4, -0.2) is 36.0 Å². The van der Waals surface area contributed by atoms with Crippen molar-refractivity contribution in [1.29, 1.82) is 0 Å². The van der Waals surface area contributed by atoms with E-state index in [9.17, 15) is 0 Å². The third-order valence-electron chi connectivity index (χ3n) is 3.18. The van der Waals surface area contributed by atoms with Crippen molar-refractivity contribution in [2.75, 3.05) is 25.2 Å². The maximum Gasteiger partial charge on any atom is 0.0385 e. The monoisotopic (exact) mass is 250 g/mol. The number of benzene rings is 1. The number of hydrogen-bond acceptors (Lipinski definition) is 3. The van der Waals surface area contributed by atoms with Gasteiger partial charge in [-0.1, -0.05) is 19.1 Å². The minimum Gasteiger partial charge on any atom is -0.381 e. The van der Waals surface area contributed by atoms with E-state index in [-0.39, 0.29) is 0 Å². The number of anilines is 1. The minimum atomic E-state index is 0.639. The van der Waals surface area contributed by atoms with Gasteiger partial charge in [0.1, 0.15) is 0 Å². The predicted molar refractivity (Wildman–Crippen MR) is 77.8 cm³/mol. The summed E-state index contributed by atoms with van der Waals surface area (Å²) in [5, 5.41) is 4.37. The minimum absolute atomic E-state index is 0.639. The zero-order chi connectivity index (χ0) is 12.3. The highest BCUT2D eigenvalue weighted by Gasteiger charge is 2.23. The quantitative estimate of drug-likeness (QED) is 0.884. The molecule has 0 amide bonds. The van der Waals surface area contributed by atoms with Gasteiger partial charge in [-0.25, -0.2) is 0 Å². The molecule has 2 atom stereocenters. The van der Waals surface area contributed by atoms with Crippen LogP contribution in [0.1, 0.15) is 18.9 Å². The van der Waals surface area contributed by atoms with Gasteiger partial charge in [0.15, 0.2) is 0 Å². The fourth-order valence-corrected chi connectivity index (χ4v) is 3.41. The largest absolute Gasteiger partial charge is 0.381 e. The standard InChI is InChI=1S/C14H22N2S/c1-11-14(8-9-17-11)15-13-6-4-12(5-7-13)10-16(2)3/h4-7,11,14-15H,8-10H2,1-3H3. The Kier molecular flexibility index (Phi) is 4.35. The van der Waals surface area contributed by atoms with Crippen LogP contribution in [0.25, 0.3) is 0 Å². The Morgan fingerprint density at radius 2 is 2.00 bits per heavy atom. The van der Waals surface area contributed by atoms with Crippen molar-refractivity contribution in [2.24, 2.45) is 0 Å². The summed E-state index contributed by atoms with van der Waals surface area (Å²) in [5.74, 6) is 1.29. The molecule has 0 aliphatic carbocycles. The summed E-state index contributed by atoms with van der Waals surface area (Å²) in [6.07, 6.45) is 1.28. The first-order chi connectivity index (χ1) is 8.15. The fourth-order valence-electron chi connectivity index (χ4n) is 2.21. The topological polar surface area (TPSA) is 15.3 Å². The van der Waals surface area contributed by atoms with Gasteiger partial charge in [0.25, 0.3) is 0 Å². The van der Waals surface area contributed by atoms with Crippen LogP contribution in [0.3, 0.4) is 0 Å². The van der Waals surface area contributed by atoms with Crippen molar-refractivity contribution in [3.63, 3.8) is 0 Å². The Balaban J connectivity index is 1.93. The van der Waals surface area contributed by atoms with E-state index in [1.54, 1.807) is 0 Å². The van der Waals surface area contributed by atoms with E-state index in [2.05, 4.69) is 67.3 Å². The molecule has 1 aliphatic rings. The molecule has 1 N–H and O–H groups in total. The third-order valence-corrected chi connectivity index (χ3v) is 4.51. The second kappa shape index (κ2) is 5.78. The summed E-state index contributed by atoms with van der Waals surface area (Å²) in [6.45, 7) is 3.33. The van der Waals surface area contributed by atoms with Crippen molar-refractivity contribution in [2.45, 2.75) is 31.2 Å². The van der Waals surface area contributed by atoms with Crippen LogP contribution < -0.4 is 5.32 Å². The molecule has 0 radical (unpaired) electrons. The molecular formula is C14H22N2S. The summed E-state index contributed by atoms with van der Waals surface area (Å²) in [5.41, 5.74) is 2.63. The van der Waals surface area contributed by atoms with E-state index in [4.69, 9.17) is 0 Å². The van der Waals surface area contributed by atoms with Crippen molar-refractivity contribution >= 4 is 17.4 Å². The van der Waals surface area contributed by atoms with Crippen LogP contribution in [0.5, 0.6) is 0 Å². The first-order valence-corrected chi connectivity index (χ1v) is 7.32. The lowest BCUT2D eigenvalue weighted by Crippen LogP contribution is -2.24. The molecule has 0 spiro atoms. The van der Waals surface area contributed by atoms with Gasteiger partial charge in [-0.2, -0.15) is 11.8 Å². The number of rotatable bonds is 4. The highest BCUT2D eigenvalue weighted by molar-refractivity contribution is 8.00. The zero-order valence-electron chi connectivity index (χ0n) is 10.9. The Morgan fingerprint density at radius 3 is 2.53 bits per heavy atom. The van der Waals surface area contributed by atoms with Gasteiger partial charge in [-0.05, 0) is 44.0 Å². The molecule has 2 rings (SSSR count). The van der Waals surface area contributed by atoms with Gasteiger partial charge in [-0.3, -0.25) is 0 Å². The van der Waals surface area contributed by atoms with Gasteiger partial charge in [0, 0.05) is 23.5 Å². The lowest BCUT2D eigenvalue weighted by Gasteiger charge is -2.18. The van der Waals surface area contributed by atoms with E-state index in [1.807, 2.05) is 0 Å². The molecule has 1 aliphatic heterocycles. The van der Waals surface area contributed by atoms with Crippen LogP contribution in [-0.2, 0) is 6.54 Å². The molecule has 1 heterocycles. The second-order valence-corrected chi connectivity index (χ2v) is 6.54. The smallest absolute Gasteiger partial charge is 0.0385 e. The lowest BCUT2D eigenvalue weighted by molar-refractivity contribution is 0.402. The molecule has 2 nitrogen and oxygen atoms in total. The molecule has 17 heavy (non-hydrogen) atoms. The van der Waals surface area contributed by atoms with Gasteiger partial charge in [0.2, 0.25) is 0 Å². The highest BCUT2D eigenvalue weighted by atomic mass is 32.2. The van der Waals surface area contributed by atoms with E-state index in [1.165, 1.54) is 23.4 Å². The van der Waals surface area contributed by atoms with Crippen molar-refractivity contribution in [3.8, 4) is 0 Å².